The fourth-order valence-corrected chi connectivity index (χ4v) is 0.976. The van der Waals surface area contributed by atoms with Crippen LogP contribution in [0.1, 0.15) is 47.5 Å². The summed E-state index contributed by atoms with van der Waals surface area (Å²) in [6.45, 7) is 10.3. The smallest absolute Gasteiger partial charge is 0.229 e. The molecule has 1 rings (SSSR count). The molecule has 78 valence electrons. The number of hydrogen-bond donors (Lipinski definition) is 0. The summed E-state index contributed by atoms with van der Waals surface area (Å²) in [5, 5.41) is 0. The minimum atomic E-state index is -0.0255. The van der Waals surface area contributed by atoms with Gasteiger partial charge in [-0.3, -0.25) is 14.5 Å². The molecule has 1 aliphatic heterocycles. The van der Waals surface area contributed by atoms with Gasteiger partial charge in [0.2, 0.25) is 11.8 Å². The molecule has 0 aliphatic carbocycles. The molecular formula is C10H21NO2. The molecule has 0 aromatic heterocycles. The fourth-order valence-electron chi connectivity index (χ4n) is 0.976. The highest BCUT2D eigenvalue weighted by Crippen LogP contribution is 2.09. The second-order valence-corrected chi connectivity index (χ2v) is 2.03. The van der Waals surface area contributed by atoms with Crippen molar-refractivity contribution in [1.82, 2.24) is 4.90 Å². The zero-order valence-corrected chi connectivity index (χ0v) is 9.39. The third kappa shape index (κ3) is 4.65. The van der Waals surface area contributed by atoms with Crippen LogP contribution >= 0.6 is 0 Å². The van der Waals surface area contributed by atoms with E-state index >= 15 is 0 Å². The van der Waals surface area contributed by atoms with Crippen molar-refractivity contribution in [3.8, 4) is 0 Å². The van der Waals surface area contributed by atoms with E-state index in [1.807, 2.05) is 27.7 Å². The number of carbonyl (C=O) groups excluding carboxylic acids is 2. The number of rotatable bonds is 1. The van der Waals surface area contributed by atoms with Crippen LogP contribution in [0.25, 0.3) is 0 Å². The van der Waals surface area contributed by atoms with Crippen molar-refractivity contribution in [1.29, 1.82) is 0 Å². The topological polar surface area (TPSA) is 37.4 Å². The minimum absolute atomic E-state index is 0.0255. The predicted molar refractivity (Wildman–Crippen MR) is 54.3 cm³/mol. The molecule has 1 fully saturated rings. The summed E-state index contributed by atoms with van der Waals surface area (Å²) >= 11 is 0. The zero-order chi connectivity index (χ0) is 10.9. The van der Waals surface area contributed by atoms with Crippen molar-refractivity contribution in [3.63, 3.8) is 0 Å². The van der Waals surface area contributed by atoms with Gasteiger partial charge in [-0.25, -0.2) is 0 Å². The van der Waals surface area contributed by atoms with E-state index in [9.17, 15) is 9.59 Å². The SMILES string of the molecule is CC.CC.CCN1C(=O)CCC1=O. The van der Waals surface area contributed by atoms with E-state index in [-0.39, 0.29) is 11.8 Å². The van der Waals surface area contributed by atoms with Crippen molar-refractivity contribution in [3.05, 3.63) is 0 Å². The highest BCUT2D eigenvalue weighted by molar-refractivity contribution is 6.01. The molecule has 3 nitrogen and oxygen atoms in total. The first-order valence-corrected chi connectivity index (χ1v) is 5.09. The first-order valence-electron chi connectivity index (χ1n) is 5.09. The van der Waals surface area contributed by atoms with Gasteiger partial charge in [-0.15, -0.1) is 0 Å². The third-order valence-corrected chi connectivity index (χ3v) is 1.47. The first-order chi connectivity index (χ1) is 6.25. The van der Waals surface area contributed by atoms with Gasteiger partial charge in [-0.2, -0.15) is 0 Å². The third-order valence-electron chi connectivity index (χ3n) is 1.47. The molecule has 0 saturated carbocycles. The van der Waals surface area contributed by atoms with Gasteiger partial charge in [0.1, 0.15) is 0 Å². The van der Waals surface area contributed by atoms with E-state index in [4.69, 9.17) is 0 Å². The Hall–Kier alpha value is -0.860. The van der Waals surface area contributed by atoms with Crippen molar-refractivity contribution >= 4 is 11.8 Å². The summed E-state index contributed by atoms with van der Waals surface area (Å²) in [5.74, 6) is -0.0509. The molecule has 0 unspecified atom stereocenters. The highest BCUT2D eigenvalue weighted by atomic mass is 16.2. The maximum Gasteiger partial charge on any atom is 0.229 e. The maximum absolute atomic E-state index is 10.7. The monoisotopic (exact) mass is 187 g/mol. The van der Waals surface area contributed by atoms with Gasteiger partial charge in [0.25, 0.3) is 0 Å². The molecule has 2 amide bonds. The number of imide groups is 1. The van der Waals surface area contributed by atoms with E-state index < -0.39 is 0 Å². The van der Waals surface area contributed by atoms with E-state index in [1.54, 1.807) is 6.92 Å². The van der Waals surface area contributed by atoms with Crippen LogP contribution in [0, 0.1) is 0 Å². The normalized spacial score (nSPS) is 14.4. The average Bonchev–Trinajstić information content (AvgIpc) is 2.52. The zero-order valence-electron chi connectivity index (χ0n) is 9.39. The standard InChI is InChI=1S/C6H9NO2.2C2H6/c1-2-7-5(8)3-4-6(7)9;2*1-2/h2-4H2,1H3;2*1-2H3. The van der Waals surface area contributed by atoms with Gasteiger partial charge in [0.15, 0.2) is 0 Å². The fraction of sp³-hybridized carbons (Fsp3) is 0.800. The number of amides is 2. The molecule has 0 radical (unpaired) electrons. The number of likely N-dealkylation sites (tertiary alicyclic amines) is 1. The lowest BCUT2D eigenvalue weighted by Gasteiger charge is -2.08. The van der Waals surface area contributed by atoms with Crippen LogP contribution in [0.2, 0.25) is 0 Å². The lowest BCUT2D eigenvalue weighted by Crippen LogP contribution is -2.28. The van der Waals surface area contributed by atoms with E-state index in [0.717, 1.165) is 0 Å². The van der Waals surface area contributed by atoms with E-state index in [2.05, 4.69) is 0 Å². The molecule has 1 aliphatic rings. The molecule has 1 heterocycles. The number of carbonyl (C=O) groups is 2. The van der Waals surface area contributed by atoms with Crippen molar-refractivity contribution in [2.75, 3.05) is 6.54 Å². The Kier molecular flexibility index (Phi) is 10.4. The highest BCUT2D eigenvalue weighted by Gasteiger charge is 2.26. The van der Waals surface area contributed by atoms with Crippen molar-refractivity contribution in [2.24, 2.45) is 0 Å². The quantitative estimate of drug-likeness (QED) is 0.590. The predicted octanol–water partition coefficient (Wildman–Crippen LogP) is 2.21. The van der Waals surface area contributed by atoms with Crippen LogP contribution in [-0.4, -0.2) is 23.3 Å². The summed E-state index contributed by atoms with van der Waals surface area (Å²) in [7, 11) is 0. The number of hydrogen-bond acceptors (Lipinski definition) is 2. The van der Waals surface area contributed by atoms with Gasteiger partial charge in [0, 0.05) is 19.4 Å². The Balaban J connectivity index is 0. The van der Waals surface area contributed by atoms with Crippen LogP contribution in [0.5, 0.6) is 0 Å². The molecule has 0 spiro atoms. The Bertz CT molecular complexity index is 139. The van der Waals surface area contributed by atoms with Crippen molar-refractivity contribution in [2.45, 2.75) is 47.5 Å². The summed E-state index contributed by atoms with van der Waals surface area (Å²) in [5.41, 5.74) is 0. The van der Waals surface area contributed by atoms with Crippen LogP contribution in [0.4, 0.5) is 0 Å². The summed E-state index contributed by atoms with van der Waals surface area (Å²) < 4.78 is 0. The van der Waals surface area contributed by atoms with Gasteiger partial charge in [0.05, 0.1) is 0 Å². The van der Waals surface area contributed by atoms with Crippen LogP contribution in [-0.2, 0) is 9.59 Å². The molecule has 0 aromatic rings. The molecular weight excluding hydrogens is 166 g/mol. The Morgan fingerprint density at radius 2 is 1.31 bits per heavy atom. The lowest BCUT2D eigenvalue weighted by molar-refractivity contribution is -0.138. The van der Waals surface area contributed by atoms with E-state index in [1.165, 1.54) is 4.90 Å². The second-order valence-electron chi connectivity index (χ2n) is 2.03. The largest absolute Gasteiger partial charge is 0.283 e. The van der Waals surface area contributed by atoms with Crippen LogP contribution in [0.15, 0.2) is 0 Å². The van der Waals surface area contributed by atoms with Gasteiger partial charge in [-0.05, 0) is 6.92 Å². The molecule has 0 bridgehead atoms. The van der Waals surface area contributed by atoms with Gasteiger partial charge >= 0.3 is 0 Å². The summed E-state index contributed by atoms with van der Waals surface area (Å²) in [4.78, 5) is 22.7. The first kappa shape index (κ1) is 14.7. The number of nitrogens with zero attached hydrogens (tertiary/aromatic N) is 1. The average molecular weight is 187 g/mol. The van der Waals surface area contributed by atoms with Crippen molar-refractivity contribution < 1.29 is 9.59 Å². The van der Waals surface area contributed by atoms with E-state index in [0.29, 0.717) is 19.4 Å². The molecule has 3 heteroatoms. The lowest BCUT2D eigenvalue weighted by atomic mass is 10.4. The summed E-state index contributed by atoms with van der Waals surface area (Å²) in [6, 6.07) is 0. The molecule has 0 aromatic carbocycles. The molecule has 0 atom stereocenters. The van der Waals surface area contributed by atoms with Gasteiger partial charge in [-0.1, -0.05) is 27.7 Å². The Morgan fingerprint density at radius 1 is 1.00 bits per heavy atom. The molecule has 0 N–H and O–H groups in total. The second kappa shape index (κ2) is 9.23. The maximum atomic E-state index is 10.7. The minimum Gasteiger partial charge on any atom is -0.283 e. The van der Waals surface area contributed by atoms with Crippen LogP contribution in [0.3, 0.4) is 0 Å². The summed E-state index contributed by atoms with van der Waals surface area (Å²) in [6.07, 6.45) is 0.819. The Morgan fingerprint density at radius 3 is 1.46 bits per heavy atom. The van der Waals surface area contributed by atoms with Crippen LogP contribution < -0.4 is 0 Å². The Labute approximate surface area is 81.1 Å². The molecule has 1 saturated heterocycles. The van der Waals surface area contributed by atoms with Gasteiger partial charge < -0.3 is 0 Å². The molecule has 13 heavy (non-hydrogen) atoms.